The van der Waals surface area contributed by atoms with Gasteiger partial charge in [0.25, 0.3) is 0 Å². The molecule has 0 bridgehead atoms. The molecule has 0 spiro atoms. The van der Waals surface area contributed by atoms with Crippen LogP contribution >= 0.6 is 0 Å². The third-order valence-electron chi connectivity index (χ3n) is 5.71. The normalized spacial score (nSPS) is 15.9. The number of unbranched alkanes of at least 4 members (excludes halogenated alkanes) is 1. The Labute approximate surface area is 159 Å². The van der Waals surface area contributed by atoms with E-state index < -0.39 is 0 Å². The molecule has 1 aliphatic rings. The molecular formula is C23H25N3O. The smallest absolute Gasteiger partial charge is 0.0723 e. The van der Waals surface area contributed by atoms with Gasteiger partial charge in [-0.05, 0) is 31.5 Å². The van der Waals surface area contributed by atoms with E-state index in [-0.39, 0.29) is 0 Å². The Hall–Kier alpha value is -2.43. The molecule has 3 heterocycles. The minimum Gasteiger partial charge on any atom is -0.379 e. The maximum atomic E-state index is 5.45. The molecule has 2 aromatic carbocycles. The lowest BCUT2D eigenvalue weighted by Crippen LogP contribution is -2.36. The fraction of sp³-hybridized carbons (Fsp3) is 0.348. The first kappa shape index (κ1) is 16.7. The number of pyridine rings is 1. The highest BCUT2D eigenvalue weighted by Crippen LogP contribution is 2.33. The van der Waals surface area contributed by atoms with Crippen LogP contribution in [0.4, 0.5) is 0 Å². The summed E-state index contributed by atoms with van der Waals surface area (Å²) in [6.45, 7) is 6.13. The van der Waals surface area contributed by atoms with E-state index in [1.54, 1.807) is 0 Å². The summed E-state index contributed by atoms with van der Waals surface area (Å²) >= 11 is 0. The van der Waals surface area contributed by atoms with Gasteiger partial charge in [0.2, 0.25) is 0 Å². The molecule has 0 atom stereocenters. The molecule has 4 nitrogen and oxygen atoms in total. The Kier molecular flexibility index (Phi) is 4.52. The van der Waals surface area contributed by atoms with Crippen LogP contribution in [0.25, 0.3) is 32.7 Å². The van der Waals surface area contributed by atoms with E-state index in [2.05, 4.69) is 58.0 Å². The van der Waals surface area contributed by atoms with Crippen molar-refractivity contribution in [2.75, 3.05) is 32.8 Å². The number of aryl methyl sites for hydroxylation is 1. The lowest BCUT2D eigenvalue weighted by Gasteiger charge is -2.26. The maximum absolute atomic E-state index is 5.45. The minimum absolute atomic E-state index is 0.881. The van der Waals surface area contributed by atoms with Crippen molar-refractivity contribution in [2.24, 2.45) is 0 Å². The highest BCUT2D eigenvalue weighted by atomic mass is 16.5. The largest absolute Gasteiger partial charge is 0.379 e. The van der Waals surface area contributed by atoms with Crippen molar-refractivity contribution in [3.8, 4) is 0 Å². The second-order valence-corrected chi connectivity index (χ2v) is 7.37. The van der Waals surface area contributed by atoms with Gasteiger partial charge in [-0.1, -0.05) is 36.4 Å². The summed E-state index contributed by atoms with van der Waals surface area (Å²) in [5, 5.41) is 3.82. The van der Waals surface area contributed by atoms with Crippen molar-refractivity contribution in [2.45, 2.75) is 19.4 Å². The predicted octanol–water partition coefficient (Wildman–Crippen LogP) is 4.46. The number of hydrogen-bond acceptors (Lipinski definition) is 3. The van der Waals surface area contributed by atoms with Crippen LogP contribution in [0.3, 0.4) is 0 Å². The number of rotatable bonds is 5. The molecule has 1 aliphatic heterocycles. The summed E-state index contributed by atoms with van der Waals surface area (Å²) in [5.41, 5.74) is 3.72. The van der Waals surface area contributed by atoms with Gasteiger partial charge in [0.1, 0.15) is 0 Å². The number of ether oxygens (including phenoxy) is 1. The van der Waals surface area contributed by atoms with Crippen LogP contribution in [-0.2, 0) is 11.3 Å². The average Bonchev–Trinajstić information content (AvgIpc) is 3.06. The standard InChI is InChI=1S/C23H25N3O/c1-3-9-21-19(8-1)23-20(17-24-21)18-7-2-4-10-22(18)26(23)12-6-5-11-25-13-15-27-16-14-25/h1-4,7-10,17H,5-6,11-16H2. The Morgan fingerprint density at radius 2 is 1.56 bits per heavy atom. The van der Waals surface area contributed by atoms with Crippen LogP contribution in [0.5, 0.6) is 0 Å². The third-order valence-corrected chi connectivity index (χ3v) is 5.71. The van der Waals surface area contributed by atoms with E-state index in [1.807, 2.05) is 6.20 Å². The Bertz CT molecular complexity index is 1080. The molecule has 4 heteroatoms. The number of para-hydroxylation sites is 2. The van der Waals surface area contributed by atoms with Crippen LogP contribution in [0.1, 0.15) is 12.8 Å². The molecule has 1 saturated heterocycles. The highest BCUT2D eigenvalue weighted by molar-refractivity contribution is 6.16. The first-order valence-electron chi connectivity index (χ1n) is 9.96. The minimum atomic E-state index is 0.881. The topological polar surface area (TPSA) is 30.3 Å². The van der Waals surface area contributed by atoms with Gasteiger partial charge in [-0.15, -0.1) is 0 Å². The molecule has 0 radical (unpaired) electrons. The molecule has 0 saturated carbocycles. The van der Waals surface area contributed by atoms with Gasteiger partial charge in [-0.2, -0.15) is 0 Å². The number of benzene rings is 2. The zero-order chi connectivity index (χ0) is 18.1. The fourth-order valence-corrected chi connectivity index (χ4v) is 4.33. The zero-order valence-corrected chi connectivity index (χ0v) is 15.6. The van der Waals surface area contributed by atoms with Crippen molar-refractivity contribution < 1.29 is 4.74 Å². The molecule has 1 fully saturated rings. The SMILES string of the molecule is c1ccc2c(c1)ncc1c3ccccc3n(CCCCN3CCOCC3)c21. The van der Waals surface area contributed by atoms with Gasteiger partial charge in [-0.25, -0.2) is 0 Å². The van der Waals surface area contributed by atoms with E-state index in [1.165, 1.54) is 46.6 Å². The van der Waals surface area contributed by atoms with Crippen LogP contribution in [0.15, 0.2) is 54.7 Å². The van der Waals surface area contributed by atoms with E-state index in [0.717, 1.165) is 38.4 Å². The van der Waals surface area contributed by atoms with Gasteiger partial charge in [0.05, 0.1) is 24.2 Å². The van der Waals surface area contributed by atoms with E-state index >= 15 is 0 Å². The summed E-state index contributed by atoms with van der Waals surface area (Å²) in [5.74, 6) is 0. The third kappa shape index (κ3) is 3.09. The van der Waals surface area contributed by atoms with Gasteiger partial charge in [0.15, 0.2) is 0 Å². The Balaban J connectivity index is 1.48. The highest BCUT2D eigenvalue weighted by Gasteiger charge is 2.14. The number of nitrogens with zero attached hydrogens (tertiary/aromatic N) is 3. The lowest BCUT2D eigenvalue weighted by atomic mass is 10.1. The van der Waals surface area contributed by atoms with Gasteiger partial charge < -0.3 is 9.30 Å². The van der Waals surface area contributed by atoms with Gasteiger partial charge in [-0.3, -0.25) is 9.88 Å². The van der Waals surface area contributed by atoms with Crippen LogP contribution < -0.4 is 0 Å². The molecule has 0 aliphatic carbocycles. The summed E-state index contributed by atoms with van der Waals surface area (Å²) in [6.07, 6.45) is 4.45. The van der Waals surface area contributed by atoms with Crippen molar-refractivity contribution in [3.63, 3.8) is 0 Å². The monoisotopic (exact) mass is 359 g/mol. The molecule has 2 aromatic heterocycles. The van der Waals surface area contributed by atoms with E-state index in [9.17, 15) is 0 Å². The number of morpholine rings is 1. The molecule has 4 aromatic rings. The van der Waals surface area contributed by atoms with Gasteiger partial charge in [0, 0.05) is 47.5 Å². The van der Waals surface area contributed by atoms with Crippen LogP contribution in [0, 0.1) is 0 Å². The Morgan fingerprint density at radius 3 is 2.44 bits per heavy atom. The van der Waals surface area contributed by atoms with Crippen LogP contribution in [-0.4, -0.2) is 47.3 Å². The summed E-state index contributed by atoms with van der Waals surface area (Å²) in [4.78, 5) is 7.22. The van der Waals surface area contributed by atoms with Crippen molar-refractivity contribution in [1.82, 2.24) is 14.5 Å². The molecule has 0 N–H and O–H groups in total. The number of fused-ring (bicyclic) bond motifs is 5. The fourth-order valence-electron chi connectivity index (χ4n) is 4.33. The maximum Gasteiger partial charge on any atom is 0.0723 e. The molecule has 27 heavy (non-hydrogen) atoms. The summed E-state index contributed by atoms with van der Waals surface area (Å²) < 4.78 is 7.96. The summed E-state index contributed by atoms with van der Waals surface area (Å²) in [7, 11) is 0. The quantitative estimate of drug-likeness (QED) is 0.493. The average molecular weight is 359 g/mol. The molecule has 138 valence electrons. The van der Waals surface area contributed by atoms with E-state index in [4.69, 9.17) is 9.72 Å². The van der Waals surface area contributed by atoms with Crippen molar-refractivity contribution in [3.05, 3.63) is 54.7 Å². The number of hydrogen-bond donors (Lipinski definition) is 0. The first-order valence-corrected chi connectivity index (χ1v) is 9.96. The number of aromatic nitrogens is 2. The van der Waals surface area contributed by atoms with Crippen LogP contribution in [0.2, 0.25) is 0 Å². The Morgan fingerprint density at radius 1 is 0.815 bits per heavy atom. The van der Waals surface area contributed by atoms with Crippen molar-refractivity contribution in [1.29, 1.82) is 0 Å². The molecular weight excluding hydrogens is 334 g/mol. The first-order chi connectivity index (χ1) is 13.4. The molecule has 0 amide bonds. The second-order valence-electron chi connectivity index (χ2n) is 7.37. The second kappa shape index (κ2) is 7.29. The van der Waals surface area contributed by atoms with E-state index in [0.29, 0.717) is 0 Å². The molecule has 5 rings (SSSR count). The lowest BCUT2D eigenvalue weighted by molar-refractivity contribution is 0.0371. The van der Waals surface area contributed by atoms with Crippen molar-refractivity contribution >= 4 is 32.7 Å². The summed E-state index contributed by atoms with van der Waals surface area (Å²) in [6, 6.07) is 17.2. The van der Waals surface area contributed by atoms with Gasteiger partial charge >= 0.3 is 0 Å². The zero-order valence-electron chi connectivity index (χ0n) is 15.6. The molecule has 0 unspecified atom stereocenters. The predicted molar refractivity (Wildman–Crippen MR) is 111 cm³/mol.